The van der Waals surface area contributed by atoms with Crippen molar-refractivity contribution in [1.82, 2.24) is 5.32 Å². The molecule has 1 heterocycles. The predicted octanol–water partition coefficient (Wildman–Crippen LogP) is 0.773. The van der Waals surface area contributed by atoms with Crippen molar-refractivity contribution in [2.75, 3.05) is 11.4 Å². The number of anilines is 1. The largest absolute Gasteiger partial charge is 0.480 e. The first-order valence-electron chi connectivity index (χ1n) is 6.95. The lowest BCUT2D eigenvalue weighted by molar-refractivity contribution is -0.149. The molecule has 1 aromatic rings. The molecule has 1 unspecified atom stereocenters. The van der Waals surface area contributed by atoms with E-state index in [1.165, 1.54) is 0 Å². The van der Waals surface area contributed by atoms with Crippen LogP contribution in [0.3, 0.4) is 0 Å². The van der Waals surface area contributed by atoms with Crippen LogP contribution in [0.15, 0.2) is 30.3 Å². The summed E-state index contributed by atoms with van der Waals surface area (Å²) in [4.78, 5) is 37.1. The Labute approximate surface area is 121 Å². The molecule has 1 saturated carbocycles. The number of nitrogens with one attached hydrogen (secondary N) is 1. The number of carbonyl (C=O) groups excluding carboxylic acids is 2. The molecule has 1 aliphatic carbocycles. The van der Waals surface area contributed by atoms with Crippen LogP contribution in [0.1, 0.15) is 19.3 Å². The second-order valence-corrected chi connectivity index (χ2v) is 5.53. The van der Waals surface area contributed by atoms with Crippen molar-refractivity contribution >= 4 is 23.5 Å². The summed E-state index contributed by atoms with van der Waals surface area (Å²) in [5, 5.41) is 11.7. The van der Waals surface area contributed by atoms with Gasteiger partial charge in [-0.1, -0.05) is 18.2 Å². The van der Waals surface area contributed by atoms with Gasteiger partial charge in [0.1, 0.15) is 11.5 Å². The number of hydrogen-bond acceptors (Lipinski definition) is 3. The van der Waals surface area contributed by atoms with E-state index in [9.17, 15) is 14.4 Å². The van der Waals surface area contributed by atoms with Crippen LogP contribution in [0.4, 0.5) is 5.69 Å². The first kappa shape index (κ1) is 13.6. The Hall–Kier alpha value is -2.37. The van der Waals surface area contributed by atoms with Crippen LogP contribution in [-0.2, 0) is 14.4 Å². The maximum Gasteiger partial charge on any atom is 0.319 e. The Morgan fingerprint density at radius 1 is 1.24 bits per heavy atom. The topological polar surface area (TPSA) is 86.7 Å². The smallest absolute Gasteiger partial charge is 0.319 e. The monoisotopic (exact) mass is 288 g/mol. The summed E-state index contributed by atoms with van der Waals surface area (Å²) in [7, 11) is 0. The minimum Gasteiger partial charge on any atom is -0.480 e. The molecule has 21 heavy (non-hydrogen) atoms. The zero-order valence-corrected chi connectivity index (χ0v) is 11.4. The van der Waals surface area contributed by atoms with E-state index < -0.39 is 23.3 Å². The quantitative estimate of drug-likeness (QED) is 0.801. The molecule has 2 fully saturated rings. The van der Waals surface area contributed by atoms with Crippen LogP contribution in [-0.4, -0.2) is 35.5 Å². The van der Waals surface area contributed by atoms with Gasteiger partial charge in [0.2, 0.25) is 11.8 Å². The van der Waals surface area contributed by atoms with Crippen molar-refractivity contribution < 1.29 is 19.5 Å². The average molecular weight is 288 g/mol. The van der Waals surface area contributed by atoms with Gasteiger partial charge in [0.05, 0.1) is 0 Å². The molecule has 1 saturated heterocycles. The maximum atomic E-state index is 12.3. The van der Waals surface area contributed by atoms with E-state index in [0.29, 0.717) is 25.8 Å². The molecule has 0 bridgehead atoms. The van der Waals surface area contributed by atoms with Crippen LogP contribution in [0, 0.1) is 5.41 Å². The summed E-state index contributed by atoms with van der Waals surface area (Å²) in [5.74, 6) is -1.83. The van der Waals surface area contributed by atoms with Gasteiger partial charge in [-0.15, -0.1) is 0 Å². The number of carboxylic acids is 1. The van der Waals surface area contributed by atoms with Gasteiger partial charge in [-0.3, -0.25) is 14.4 Å². The Balaban J connectivity index is 1.68. The normalized spacial score (nSPS) is 23.0. The second-order valence-electron chi connectivity index (χ2n) is 5.53. The molecule has 110 valence electrons. The standard InChI is InChI=1S/C15H16N2O4/c18-12-11(16-13(19)15(7-8-15)14(20)21)6-9-17(12)10-4-2-1-3-5-10/h1-5,11H,6-9H2,(H,16,19)(H,20,21). The lowest BCUT2D eigenvalue weighted by Gasteiger charge is -2.18. The van der Waals surface area contributed by atoms with E-state index in [2.05, 4.69) is 5.32 Å². The van der Waals surface area contributed by atoms with Crippen molar-refractivity contribution in [3.63, 3.8) is 0 Å². The third-order valence-electron chi connectivity index (χ3n) is 4.17. The summed E-state index contributed by atoms with van der Waals surface area (Å²) in [5.41, 5.74) is -0.515. The Morgan fingerprint density at radius 3 is 2.48 bits per heavy atom. The molecule has 6 heteroatoms. The van der Waals surface area contributed by atoms with Crippen LogP contribution in [0.2, 0.25) is 0 Å². The Kier molecular flexibility index (Phi) is 3.16. The van der Waals surface area contributed by atoms with Gasteiger partial charge in [-0.05, 0) is 31.4 Å². The van der Waals surface area contributed by atoms with Gasteiger partial charge < -0.3 is 15.3 Å². The minimum absolute atomic E-state index is 0.185. The number of carbonyl (C=O) groups is 3. The molecule has 3 rings (SSSR count). The number of hydrogen-bond donors (Lipinski definition) is 2. The van der Waals surface area contributed by atoms with Crippen molar-refractivity contribution in [2.24, 2.45) is 5.41 Å². The van der Waals surface area contributed by atoms with Crippen LogP contribution in [0.25, 0.3) is 0 Å². The lowest BCUT2D eigenvalue weighted by Crippen LogP contribution is -2.46. The highest BCUT2D eigenvalue weighted by molar-refractivity contribution is 6.08. The van der Waals surface area contributed by atoms with E-state index in [4.69, 9.17) is 5.11 Å². The van der Waals surface area contributed by atoms with Gasteiger partial charge >= 0.3 is 5.97 Å². The maximum absolute atomic E-state index is 12.3. The van der Waals surface area contributed by atoms with E-state index in [1.54, 1.807) is 4.90 Å². The SMILES string of the molecule is O=C1C(NC(=O)C2(C(=O)O)CC2)CCN1c1ccccc1. The Morgan fingerprint density at radius 2 is 1.90 bits per heavy atom. The van der Waals surface area contributed by atoms with Crippen LogP contribution in [0.5, 0.6) is 0 Å². The fourth-order valence-electron chi connectivity index (χ4n) is 2.64. The molecule has 0 aromatic heterocycles. The molecular weight excluding hydrogens is 272 g/mol. The number of benzene rings is 1. The first-order chi connectivity index (χ1) is 10.0. The van der Waals surface area contributed by atoms with E-state index >= 15 is 0 Å². The second kappa shape index (κ2) is 4.87. The van der Waals surface area contributed by atoms with Gasteiger partial charge in [0, 0.05) is 12.2 Å². The zero-order chi connectivity index (χ0) is 15.0. The van der Waals surface area contributed by atoms with Gasteiger partial charge in [0.15, 0.2) is 0 Å². The third kappa shape index (κ3) is 2.26. The average Bonchev–Trinajstić information content (AvgIpc) is 3.22. The highest BCUT2D eigenvalue weighted by Crippen LogP contribution is 2.46. The predicted molar refractivity (Wildman–Crippen MR) is 74.6 cm³/mol. The summed E-state index contributed by atoms with van der Waals surface area (Å²) in [6.45, 7) is 0.522. The number of nitrogens with zero attached hydrogens (tertiary/aromatic N) is 1. The number of aliphatic carboxylic acids is 1. The summed E-state index contributed by atoms with van der Waals surface area (Å²) >= 11 is 0. The minimum atomic E-state index is -1.31. The van der Waals surface area contributed by atoms with Crippen molar-refractivity contribution in [3.05, 3.63) is 30.3 Å². The van der Waals surface area contributed by atoms with E-state index in [1.807, 2.05) is 30.3 Å². The zero-order valence-electron chi connectivity index (χ0n) is 11.4. The molecule has 2 aliphatic rings. The fourth-order valence-corrected chi connectivity index (χ4v) is 2.64. The van der Waals surface area contributed by atoms with Crippen LogP contribution < -0.4 is 10.2 Å². The van der Waals surface area contributed by atoms with Crippen molar-refractivity contribution in [2.45, 2.75) is 25.3 Å². The molecule has 0 radical (unpaired) electrons. The Bertz CT molecular complexity index is 595. The molecule has 1 aromatic carbocycles. The van der Waals surface area contributed by atoms with Gasteiger partial charge in [-0.25, -0.2) is 0 Å². The number of para-hydroxylation sites is 1. The van der Waals surface area contributed by atoms with Crippen molar-refractivity contribution in [3.8, 4) is 0 Å². The van der Waals surface area contributed by atoms with Crippen LogP contribution >= 0.6 is 0 Å². The van der Waals surface area contributed by atoms with E-state index in [-0.39, 0.29) is 5.91 Å². The number of carboxylic acid groups (broad SMARTS) is 1. The third-order valence-corrected chi connectivity index (χ3v) is 4.17. The highest BCUT2D eigenvalue weighted by Gasteiger charge is 2.57. The lowest BCUT2D eigenvalue weighted by atomic mass is 10.1. The summed E-state index contributed by atoms with van der Waals surface area (Å²) in [6, 6.07) is 8.60. The van der Waals surface area contributed by atoms with Gasteiger partial charge in [0.25, 0.3) is 0 Å². The summed E-state index contributed by atoms with van der Waals surface area (Å²) < 4.78 is 0. The van der Waals surface area contributed by atoms with E-state index in [0.717, 1.165) is 5.69 Å². The fraction of sp³-hybridized carbons (Fsp3) is 0.400. The number of amides is 2. The molecule has 6 nitrogen and oxygen atoms in total. The van der Waals surface area contributed by atoms with Crippen molar-refractivity contribution in [1.29, 1.82) is 0 Å². The number of rotatable bonds is 4. The first-order valence-corrected chi connectivity index (χ1v) is 6.95. The summed E-state index contributed by atoms with van der Waals surface area (Å²) in [6.07, 6.45) is 1.18. The molecule has 1 aliphatic heterocycles. The highest BCUT2D eigenvalue weighted by atomic mass is 16.4. The molecule has 1 atom stereocenters. The molecule has 2 amide bonds. The molecular formula is C15H16N2O4. The molecule has 0 spiro atoms. The van der Waals surface area contributed by atoms with Gasteiger partial charge in [-0.2, -0.15) is 0 Å². The molecule has 2 N–H and O–H groups in total.